The van der Waals surface area contributed by atoms with Gasteiger partial charge in [-0.3, -0.25) is 4.99 Å². The third kappa shape index (κ3) is 7.44. The Bertz CT molecular complexity index is 461. The average molecular weight is 379 g/mol. The van der Waals surface area contributed by atoms with Crippen molar-refractivity contribution in [2.24, 2.45) is 22.6 Å². The summed E-state index contributed by atoms with van der Waals surface area (Å²) in [5, 5.41) is 7.00. The van der Waals surface area contributed by atoms with Crippen LogP contribution in [-0.4, -0.2) is 37.4 Å². The number of aldehydes is 1. The fourth-order valence-corrected chi connectivity index (χ4v) is 5.13. The second-order valence-electron chi connectivity index (χ2n) is 8.94. The predicted molar refractivity (Wildman–Crippen MR) is 114 cm³/mol. The van der Waals surface area contributed by atoms with E-state index < -0.39 is 5.54 Å². The first kappa shape index (κ1) is 22.2. The lowest BCUT2D eigenvalue weighted by Crippen LogP contribution is -2.54. The first-order valence-corrected chi connectivity index (χ1v) is 11.3. The second kappa shape index (κ2) is 11.7. The van der Waals surface area contributed by atoms with E-state index in [2.05, 4.69) is 22.5 Å². The SMILES string of the molecule is CCCN[C@@H]1CCC[C@H](C[C@@](C=O)(CCC2CCCCC2)NC(N)=NC)C1. The van der Waals surface area contributed by atoms with Crippen molar-refractivity contribution in [3.63, 3.8) is 0 Å². The highest BCUT2D eigenvalue weighted by Crippen LogP contribution is 2.35. The van der Waals surface area contributed by atoms with Crippen LogP contribution in [0, 0.1) is 11.8 Å². The molecule has 4 N–H and O–H groups in total. The topological polar surface area (TPSA) is 79.5 Å². The Morgan fingerprint density at radius 2 is 1.89 bits per heavy atom. The zero-order valence-corrected chi connectivity index (χ0v) is 17.6. The molecule has 0 bridgehead atoms. The van der Waals surface area contributed by atoms with Crippen molar-refractivity contribution in [3.8, 4) is 0 Å². The Morgan fingerprint density at radius 3 is 2.56 bits per heavy atom. The van der Waals surface area contributed by atoms with Crippen LogP contribution in [0.2, 0.25) is 0 Å². The number of aliphatic imine (C=N–C) groups is 1. The number of nitrogens with zero attached hydrogens (tertiary/aromatic N) is 1. The molecule has 0 radical (unpaired) electrons. The molecule has 27 heavy (non-hydrogen) atoms. The van der Waals surface area contributed by atoms with Gasteiger partial charge in [0.15, 0.2) is 5.96 Å². The number of nitrogens with one attached hydrogen (secondary N) is 2. The summed E-state index contributed by atoms with van der Waals surface area (Å²) in [6, 6.07) is 0.601. The molecule has 0 aromatic heterocycles. The molecule has 0 amide bonds. The van der Waals surface area contributed by atoms with Crippen LogP contribution in [0.25, 0.3) is 0 Å². The van der Waals surface area contributed by atoms with Crippen molar-refractivity contribution in [2.75, 3.05) is 13.6 Å². The minimum atomic E-state index is -0.557. The van der Waals surface area contributed by atoms with Crippen molar-refractivity contribution in [3.05, 3.63) is 0 Å². The van der Waals surface area contributed by atoms with Crippen molar-refractivity contribution in [2.45, 2.75) is 102 Å². The summed E-state index contributed by atoms with van der Waals surface area (Å²) in [7, 11) is 1.68. The molecular weight excluding hydrogens is 336 g/mol. The van der Waals surface area contributed by atoms with E-state index >= 15 is 0 Å². The van der Waals surface area contributed by atoms with Crippen molar-refractivity contribution in [1.29, 1.82) is 0 Å². The minimum absolute atomic E-state index is 0.391. The summed E-state index contributed by atoms with van der Waals surface area (Å²) in [5.74, 6) is 1.73. The molecular formula is C22H42N4O. The van der Waals surface area contributed by atoms with Gasteiger partial charge in [0.1, 0.15) is 6.29 Å². The molecule has 0 saturated heterocycles. The second-order valence-corrected chi connectivity index (χ2v) is 8.94. The summed E-state index contributed by atoms with van der Waals surface area (Å²) < 4.78 is 0. The molecule has 0 spiro atoms. The van der Waals surface area contributed by atoms with Crippen LogP contribution in [0.4, 0.5) is 0 Å². The van der Waals surface area contributed by atoms with Gasteiger partial charge < -0.3 is 21.2 Å². The molecule has 2 aliphatic carbocycles. The van der Waals surface area contributed by atoms with Gasteiger partial charge in [0, 0.05) is 13.1 Å². The molecule has 3 atom stereocenters. The number of carbonyl (C=O) groups is 1. The third-order valence-electron chi connectivity index (χ3n) is 6.69. The van der Waals surface area contributed by atoms with Gasteiger partial charge in [-0.05, 0) is 56.9 Å². The average Bonchev–Trinajstić information content (AvgIpc) is 2.71. The largest absolute Gasteiger partial charge is 0.370 e. The zero-order chi connectivity index (χ0) is 19.5. The summed E-state index contributed by atoms with van der Waals surface area (Å²) in [5.41, 5.74) is 5.45. The standard InChI is InChI=1S/C22H42N4O/c1-3-14-25-20-11-7-10-19(15-20)16-22(17-27,26-21(23)24-2)13-12-18-8-5-4-6-9-18/h17-20,25H,3-16H2,1-2H3,(H3,23,24,26)/t19-,20+,22+/m0/s1. The number of nitrogens with two attached hydrogens (primary N) is 1. The predicted octanol–water partition coefficient (Wildman–Crippen LogP) is 3.77. The van der Waals surface area contributed by atoms with Crippen LogP contribution in [0.3, 0.4) is 0 Å². The summed E-state index contributed by atoms with van der Waals surface area (Å²) in [6.07, 6.45) is 16.8. The number of hydrogen-bond donors (Lipinski definition) is 3. The van der Waals surface area contributed by atoms with E-state index in [-0.39, 0.29) is 0 Å². The Balaban J connectivity index is 2.00. The highest BCUT2D eigenvalue weighted by atomic mass is 16.1. The fraction of sp³-hybridized carbons (Fsp3) is 0.909. The van der Waals surface area contributed by atoms with E-state index in [1.807, 2.05) is 0 Å². The summed E-state index contributed by atoms with van der Waals surface area (Å²) >= 11 is 0. The van der Waals surface area contributed by atoms with E-state index in [9.17, 15) is 4.79 Å². The van der Waals surface area contributed by atoms with Crippen molar-refractivity contribution >= 4 is 12.2 Å². The Hall–Kier alpha value is -1.10. The normalized spacial score (nSPS) is 27.1. The van der Waals surface area contributed by atoms with E-state index in [4.69, 9.17) is 5.73 Å². The molecule has 0 aliphatic heterocycles. The first-order chi connectivity index (χ1) is 13.1. The van der Waals surface area contributed by atoms with Gasteiger partial charge in [0.05, 0.1) is 5.54 Å². The maximum Gasteiger partial charge on any atom is 0.189 e. The minimum Gasteiger partial charge on any atom is -0.370 e. The third-order valence-corrected chi connectivity index (χ3v) is 6.69. The highest BCUT2D eigenvalue weighted by Gasteiger charge is 2.36. The van der Waals surface area contributed by atoms with Crippen LogP contribution >= 0.6 is 0 Å². The van der Waals surface area contributed by atoms with E-state index in [1.54, 1.807) is 7.05 Å². The maximum atomic E-state index is 12.3. The van der Waals surface area contributed by atoms with E-state index in [0.717, 1.165) is 38.0 Å². The molecule has 2 aliphatic rings. The van der Waals surface area contributed by atoms with Gasteiger partial charge in [0.25, 0.3) is 0 Å². The molecule has 0 aromatic carbocycles. The van der Waals surface area contributed by atoms with Crippen LogP contribution in [0.5, 0.6) is 0 Å². The Labute approximate surface area is 166 Å². The quantitative estimate of drug-likeness (QED) is 0.307. The van der Waals surface area contributed by atoms with Crippen LogP contribution < -0.4 is 16.4 Å². The smallest absolute Gasteiger partial charge is 0.189 e. The molecule has 2 saturated carbocycles. The van der Waals surface area contributed by atoms with Gasteiger partial charge in [-0.2, -0.15) is 0 Å². The number of carbonyl (C=O) groups excluding carboxylic acids is 1. The Morgan fingerprint density at radius 1 is 1.15 bits per heavy atom. The number of hydrogen-bond acceptors (Lipinski definition) is 3. The number of rotatable bonds is 10. The van der Waals surface area contributed by atoms with Crippen LogP contribution in [0.15, 0.2) is 4.99 Å². The highest BCUT2D eigenvalue weighted by molar-refractivity contribution is 5.83. The molecule has 5 nitrogen and oxygen atoms in total. The summed E-state index contributed by atoms with van der Waals surface area (Å²) in [4.78, 5) is 16.4. The maximum absolute atomic E-state index is 12.3. The van der Waals surface area contributed by atoms with Crippen molar-refractivity contribution < 1.29 is 4.79 Å². The van der Waals surface area contributed by atoms with E-state index in [1.165, 1.54) is 64.2 Å². The van der Waals surface area contributed by atoms with Gasteiger partial charge in [-0.1, -0.05) is 51.9 Å². The zero-order valence-electron chi connectivity index (χ0n) is 17.6. The molecule has 5 heteroatoms. The summed E-state index contributed by atoms with van der Waals surface area (Å²) in [6.45, 7) is 3.30. The molecule has 2 fully saturated rings. The van der Waals surface area contributed by atoms with Gasteiger partial charge in [-0.15, -0.1) is 0 Å². The fourth-order valence-electron chi connectivity index (χ4n) is 5.13. The molecule has 0 aromatic rings. The molecule has 0 unspecified atom stereocenters. The molecule has 2 rings (SSSR count). The lowest BCUT2D eigenvalue weighted by Gasteiger charge is -2.38. The van der Waals surface area contributed by atoms with Gasteiger partial charge >= 0.3 is 0 Å². The van der Waals surface area contributed by atoms with Gasteiger partial charge in [0.2, 0.25) is 0 Å². The number of guanidine groups is 1. The van der Waals surface area contributed by atoms with Crippen LogP contribution in [0.1, 0.15) is 90.4 Å². The lowest BCUT2D eigenvalue weighted by atomic mass is 9.74. The molecule has 0 heterocycles. The van der Waals surface area contributed by atoms with Gasteiger partial charge in [-0.25, -0.2) is 0 Å². The lowest BCUT2D eigenvalue weighted by molar-refractivity contribution is -0.114. The van der Waals surface area contributed by atoms with Crippen molar-refractivity contribution in [1.82, 2.24) is 10.6 Å². The first-order valence-electron chi connectivity index (χ1n) is 11.3. The molecule has 156 valence electrons. The monoisotopic (exact) mass is 378 g/mol. The Kier molecular flexibility index (Phi) is 9.60. The van der Waals surface area contributed by atoms with E-state index in [0.29, 0.717) is 17.9 Å². The van der Waals surface area contributed by atoms with Crippen LogP contribution in [-0.2, 0) is 4.79 Å².